The molecular formula is C25H22BrN3O4. The van der Waals surface area contributed by atoms with Gasteiger partial charge in [0.15, 0.2) is 11.5 Å². The highest BCUT2D eigenvalue weighted by molar-refractivity contribution is 9.10. The molecule has 1 aromatic heterocycles. The SMILES string of the molecule is CN(C)CCCOc1cc2[nH]c3cc(-c4ccccc4Br)c4c(c3c2cc1O)C(=O)NC4=O. The van der Waals surface area contributed by atoms with E-state index in [4.69, 9.17) is 4.74 Å². The Bertz CT molecular complexity index is 1440. The first-order valence-corrected chi connectivity index (χ1v) is 11.4. The molecule has 0 bridgehead atoms. The summed E-state index contributed by atoms with van der Waals surface area (Å²) in [5.41, 5.74) is 3.53. The summed E-state index contributed by atoms with van der Waals surface area (Å²) in [6.45, 7) is 1.35. The number of carbonyl (C=O) groups excluding carboxylic acids is 2. The lowest BCUT2D eigenvalue weighted by molar-refractivity contribution is 0.0880. The van der Waals surface area contributed by atoms with Gasteiger partial charge in [-0.15, -0.1) is 0 Å². The molecule has 0 fully saturated rings. The zero-order chi connectivity index (χ0) is 23.3. The van der Waals surface area contributed by atoms with Crippen LogP contribution in [0.3, 0.4) is 0 Å². The lowest BCUT2D eigenvalue weighted by atomic mass is 9.93. The Balaban J connectivity index is 1.69. The van der Waals surface area contributed by atoms with Crippen LogP contribution in [0.5, 0.6) is 11.5 Å². The number of ether oxygens (including phenoxy) is 1. The van der Waals surface area contributed by atoms with Crippen LogP contribution in [-0.4, -0.2) is 54.1 Å². The van der Waals surface area contributed by atoms with Crippen LogP contribution >= 0.6 is 15.9 Å². The lowest BCUT2D eigenvalue weighted by Crippen LogP contribution is -2.20. The summed E-state index contributed by atoms with van der Waals surface area (Å²) < 4.78 is 6.61. The average molecular weight is 508 g/mol. The molecule has 4 aromatic rings. The van der Waals surface area contributed by atoms with Crippen LogP contribution < -0.4 is 10.1 Å². The number of benzene rings is 3. The Morgan fingerprint density at radius 2 is 1.76 bits per heavy atom. The van der Waals surface area contributed by atoms with Crippen molar-refractivity contribution in [3.63, 3.8) is 0 Å². The van der Waals surface area contributed by atoms with E-state index in [1.807, 2.05) is 44.4 Å². The van der Waals surface area contributed by atoms with Gasteiger partial charge in [0.25, 0.3) is 11.8 Å². The molecule has 8 heteroatoms. The van der Waals surface area contributed by atoms with E-state index in [-0.39, 0.29) is 5.75 Å². The minimum Gasteiger partial charge on any atom is -0.504 e. The molecule has 0 spiro atoms. The van der Waals surface area contributed by atoms with E-state index < -0.39 is 11.8 Å². The van der Waals surface area contributed by atoms with Crippen molar-refractivity contribution in [2.75, 3.05) is 27.2 Å². The second-order valence-corrected chi connectivity index (χ2v) is 9.21. The maximum absolute atomic E-state index is 12.8. The van der Waals surface area contributed by atoms with Gasteiger partial charge in [0.2, 0.25) is 0 Å². The number of aromatic amines is 1. The van der Waals surface area contributed by atoms with E-state index in [1.165, 1.54) is 0 Å². The topological polar surface area (TPSA) is 94.7 Å². The van der Waals surface area contributed by atoms with Gasteiger partial charge < -0.3 is 19.7 Å². The third-order valence-electron chi connectivity index (χ3n) is 5.82. The van der Waals surface area contributed by atoms with Crippen LogP contribution in [0.25, 0.3) is 32.9 Å². The minimum absolute atomic E-state index is 0.0124. The summed E-state index contributed by atoms with van der Waals surface area (Å²) >= 11 is 3.55. The Morgan fingerprint density at radius 1 is 1.00 bits per heavy atom. The number of halogens is 1. The maximum atomic E-state index is 12.8. The molecule has 5 rings (SSSR count). The summed E-state index contributed by atoms with van der Waals surface area (Å²) in [5.74, 6) is -0.516. The molecular weight excluding hydrogens is 486 g/mol. The zero-order valence-electron chi connectivity index (χ0n) is 18.2. The number of aromatic nitrogens is 1. The monoisotopic (exact) mass is 507 g/mol. The molecule has 2 amide bonds. The fourth-order valence-electron chi connectivity index (χ4n) is 4.35. The van der Waals surface area contributed by atoms with Gasteiger partial charge in [0, 0.05) is 33.4 Å². The Morgan fingerprint density at radius 3 is 2.52 bits per heavy atom. The van der Waals surface area contributed by atoms with Crippen LogP contribution in [0, 0.1) is 0 Å². The standard InChI is InChI=1S/C25H22BrN3O4/c1-29(2)8-5-9-33-20-12-17-15(11-19(20)30)21-18(27-17)10-14(13-6-3-4-7-16(13)26)22-23(21)25(32)28-24(22)31/h3-4,6-7,10-12,27,30H,5,8-9H2,1-2H3,(H,28,31,32). The molecule has 2 heterocycles. The van der Waals surface area contributed by atoms with Crippen molar-refractivity contribution in [2.24, 2.45) is 0 Å². The smallest absolute Gasteiger partial charge is 0.259 e. The van der Waals surface area contributed by atoms with Crippen molar-refractivity contribution in [2.45, 2.75) is 6.42 Å². The molecule has 3 aromatic carbocycles. The highest BCUT2D eigenvalue weighted by Crippen LogP contribution is 2.42. The van der Waals surface area contributed by atoms with E-state index in [0.29, 0.717) is 50.9 Å². The number of imide groups is 1. The fraction of sp³-hybridized carbons (Fsp3) is 0.200. The van der Waals surface area contributed by atoms with E-state index in [1.54, 1.807) is 12.1 Å². The van der Waals surface area contributed by atoms with E-state index in [9.17, 15) is 14.7 Å². The normalized spacial score (nSPS) is 13.2. The van der Waals surface area contributed by atoms with Crippen molar-refractivity contribution >= 4 is 49.6 Å². The maximum Gasteiger partial charge on any atom is 0.259 e. The Hall–Kier alpha value is -3.36. The van der Waals surface area contributed by atoms with Gasteiger partial charge in [-0.2, -0.15) is 0 Å². The number of hydrogen-bond acceptors (Lipinski definition) is 5. The van der Waals surface area contributed by atoms with Gasteiger partial charge in [-0.25, -0.2) is 0 Å². The lowest BCUT2D eigenvalue weighted by Gasteiger charge is -2.11. The second kappa shape index (κ2) is 8.20. The van der Waals surface area contributed by atoms with E-state index in [2.05, 4.69) is 31.1 Å². The molecule has 3 N–H and O–H groups in total. The fourth-order valence-corrected chi connectivity index (χ4v) is 4.85. The van der Waals surface area contributed by atoms with Crippen molar-refractivity contribution in [3.05, 3.63) is 58.1 Å². The van der Waals surface area contributed by atoms with Crippen molar-refractivity contribution < 1.29 is 19.4 Å². The number of nitrogens with zero attached hydrogens (tertiary/aromatic N) is 1. The number of aromatic hydroxyl groups is 1. The minimum atomic E-state index is -0.446. The van der Waals surface area contributed by atoms with Crippen molar-refractivity contribution in [1.82, 2.24) is 15.2 Å². The average Bonchev–Trinajstić information content (AvgIpc) is 3.26. The van der Waals surface area contributed by atoms with Crippen LogP contribution in [-0.2, 0) is 0 Å². The summed E-state index contributed by atoms with van der Waals surface area (Å²) in [6.07, 6.45) is 0.822. The summed E-state index contributed by atoms with van der Waals surface area (Å²) in [6, 6.07) is 12.8. The van der Waals surface area contributed by atoms with Crippen molar-refractivity contribution in [3.8, 4) is 22.6 Å². The highest BCUT2D eigenvalue weighted by atomic mass is 79.9. The molecule has 0 unspecified atom stereocenters. The quantitative estimate of drug-likeness (QED) is 0.260. The van der Waals surface area contributed by atoms with Crippen LogP contribution in [0.1, 0.15) is 27.1 Å². The van der Waals surface area contributed by atoms with E-state index in [0.717, 1.165) is 23.0 Å². The molecule has 168 valence electrons. The van der Waals surface area contributed by atoms with Gasteiger partial charge in [-0.05, 0) is 49.8 Å². The van der Waals surface area contributed by atoms with Crippen LogP contribution in [0.2, 0.25) is 0 Å². The first-order valence-electron chi connectivity index (χ1n) is 10.6. The van der Waals surface area contributed by atoms with Gasteiger partial charge in [0.1, 0.15) is 0 Å². The van der Waals surface area contributed by atoms with Gasteiger partial charge >= 0.3 is 0 Å². The first-order chi connectivity index (χ1) is 15.8. The molecule has 1 aliphatic rings. The molecule has 7 nitrogen and oxygen atoms in total. The zero-order valence-corrected chi connectivity index (χ0v) is 19.7. The molecule has 0 radical (unpaired) electrons. The molecule has 0 atom stereocenters. The predicted octanol–water partition coefficient (Wildman–Crippen LogP) is 4.67. The van der Waals surface area contributed by atoms with Gasteiger partial charge in [-0.1, -0.05) is 34.1 Å². The Kier molecular flexibility index (Phi) is 5.34. The number of nitrogens with one attached hydrogen (secondary N) is 2. The number of phenolic OH excluding ortho intramolecular Hbond substituents is 1. The number of carbonyl (C=O) groups is 2. The number of amides is 2. The summed E-state index contributed by atoms with van der Waals surface area (Å²) in [5, 5.41) is 14.3. The molecule has 33 heavy (non-hydrogen) atoms. The molecule has 0 aliphatic carbocycles. The number of fused-ring (bicyclic) bond motifs is 5. The molecule has 0 saturated heterocycles. The molecule has 1 aliphatic heterocycles. The number of phenols is 1. The number of rotatable bonds is 6. The number of H-pyrrole nitrogens is 1. The first kappa shape index (κ1) is 21.5. The second-order valence-electron chi connectivity index (χ2n) is 8.36. The van der Waals surface area contributed by atoms with Gasteiger partial charge in [0.05, 0.1) is 23.3 Å². The summed E-state index contributed by atoms with van der Waals surface area (Å²) in [4.78, 5) is 31.0. The number of hydrogen-bond donors (Lipinski definition) is 3. The third kappa shape index (κ3) is 3.65. The van der Waals surface area contributed by atoms with Gasteiger partial charge in [-0.3, -0.25) is 14.9 Å². The van der Waals surface area contributed by atoms with Crippen LogP contribution in [0.4, 0.5) is 0 Å². The van der Waals surface area contributed by atoms with Crippen molar-refractivity contribution in [1.29, 1.82) is 0 Å². The summed E-state index contributed by atoms with van der Waals surface area (Å²) in [7, 11) is 3.99. The van der Waals surface area contributed by atoms with Crippen LogP contribution in [0.15, 0.2) is 46.9 Å². The largest absolute Gasteiger partial charge is 0.504 e. The molecule has 0 saturated carbocycles. The Labute approximate surface area is 198 Å². The third-order valence-corrected chi connectivity index (χ3v) is 6.51. The highest BCUT2D eigenvalue weighted by Gasteiger charge is 2.34. The predicted molar refractivity (Wildman–Crippen MR) is 131 cm³/mol. The van der Waals surface area contributed by atoms with E-state index >= 15 is 0 Å².